The average Bonchev–Trinajstić information content (AvgIpc) is 2.48. The average molecular weight is 286 g/mol. The molecule has 21 heavy (non-hydrogen) atoms. The van der Waals surface area contributed by atoms with Gasteiger partial charge >= 0.3 is 5.97 Å². The van der Waals surface area contributed by atoms with Gasteiger partial charge in [0.1, 0.15) is 5.82 Å². The molecule has 108 valence electrons. The largest absolute Gasteiger partial charge is 0.378 e. The van der Waals surface area contributed by atoms with Crippen LogP contribution in [-0.2, 0) is 4.84 Å². The number of rotatable bonds is 4. The Morgan fingerprint density at radius 3 is 2.29 bits per heavy atom. The fourth-order valence-electron chi connectivity index (χ4n) is 1.63. The van der Waals surface area contributed by atoms with Crippen LogP contribution in [0.1, 0.15) is 15.9 Å². The van der Waals surface area contributed by atoms with Gasteiger partial charge in [0.25, 0.3) is 0 Å². The van der Waals surface area contributed by atoms with Crippen molar-refractivity contribution < 1.29 is 14.0 Å². The summed E-state index contributed by atoms with van der Waals surface area (Å²) in [5.74, 6) is -1.04. The summed E-state index contributed by atoms with van der Waals surface area (Å²) in [6.45, 7) is 0. The fourth-order valence-corrected chi connectivity index (χ4v) is 1.63. The lowest BCUT2D eigenvalue weighted by molar-refractivity contribution is 0.0519. The Morgan fingerprint density at radius 1 is 1.10 bits per heavy atom. The summed E-state index contributed by atoms with van der Waals surface area (Å²) in [5, 5.41) is 3.63. The zero-order valence-electron chi connectivity index (χ0n) is 11.8. The van der Waals surface area contributed by atoms with E-state index in [1.807, 2.05) is 43.3 Å². The summed E-state index contributed by atoms with van der Waals surface area (Å²) < 4.78 is 12.7. The van der Waals surface area contributed by atoms with E-state index in [0.29, 0.717) is 0 Å². The molecule has 0 aliphatic rings. The van der Waals surface area contributed by atoms with Gasteiger partial charge in [0.2, 0.25) is 0 Å². The zero-order valence-corrected chi connectivity index (χ0v) is 11.8. The Morgan fingerprint density at radius 2 is 1.71 bits per heavy atom. The van der Waals surface area contributed by atoms with Crippen LogP contribution in [0.5, 0.6) is 0 Å². The van der Waals surface area contributed by atoms with Crippen LogP contribution in [0.3, 0.4) is 0 Å². The maximum absolute atomic E-state index is 12.7. The molecule has 0 fully saturated rings. The summed E-state index contributed by atoms with van der Waals surface area (Å²) in [7, 11) is 3.90. The highest BCUT2D eigenvalue weighted by atomic mass is 19.1. The van der Waals surface area contributed by atoms with Crippen LogP contribution < -0.4 is 4.90 Å². The predicted octanol–water partition coefficient (Wildman–Crippen LogP) is 3.08. The SMILES string of the molecule is CN(C)c1ccc(/C=N\OC(=O)c2ccc(F)cc2)cc1. The van der Waals surface area contributed by atoms with Gasteiger partial charge in [0.05, 0.1) is 11.8 Å². The van der Waals surface area contributed by atoms with Crippen LogP contribution >= 0.6 is 0 Å². The van der Waals surface area contributed by atoms with Gasteiger partial charge in [0, 0.05) is 19.8 Å². The van der Waals surface area contributed by atoms with Gasteiger partial charge in [-0.2, -0.15) is 0 Å². The van der Waals surface area contributed by atoms with Gasteiger partial charge < -0.3 is 9.74 Å². The first-order valence-electron chi connectivity index (χ1n) is 6.34. The fraction of sp³-hybridized carbons (Fsp3) is 0.125. The first-order chi connectivity index (χ1) is 10.1. The molecular weight excluding hydrogens is 271 g/mol. The summed E-state index contributed by atoms with van der Waals surface area (Å²) in [5.41, 5.74) is 2.12. The zero-order chi connectivity index (χ0) is 15.2. The number of carbonyl (C=O) groups excluding carboxylic acids is 1. The summed E-state index contributed by atoms with van der Waals surface area (Å²) >= 11 is 0. The standard InChI is InChI=1S/C16H15FN2O2/c1-19(2)15-9-3-12(4-10-15)11-18-21-16(20)13-5-7-14(17)8-6-13/h3-11H,1-2H3/b18-11-. The number of halogens is 1. The number of hydrogen-bond donors (Lipinski definition) is 0. The van der Waals surface area contributed by atoms with E-state index in [1.54, 1.807) is 0 Å². The van der Waals surface area contributed by atoms with E-state index in [-0.39, 0.29) is 5.56 Å². The van der Waals surface area contributed by atoms with Crippen LogP contribution in [0, 0.1) is 5.82 Å². The lowest BCUT2D eigenvalue weighted by atomic mass is 10.2. The summed E-state index contributed by atoms with van der Waals surface area (Å²) in [6.07, 6.45) is 1.45. The van der Waals surface area contributed by atoms with Crippen LogP contribution in [-0.4, -0.2) is 26.3 Å². The highest BCUT2D eigenvalue weighted by Crippen LogP contribution is 2.11. The maximum Gasteiger partial charge on any atom is 0.365 e. The Kier molecular flexibility index (Phi) is 4.66. The summed E-state index contributed by atoms with van der Waals surface area (Å²) in [4.78, 5) is 18.4. The minimum atomic E-state index is -0.629. The van der Waals surface area contributed by atoms with Crippen LogP contribution in [0.2, 0.25) is 0 Å². The van der Waals surface area contributed by atoms with E-state index in [9.17, 15) is 9.18 Å². The molecule has 0 bridgehead atoms. The van der Waals surface area contributed by atoms with Crippen LogP contribution in [0.4, 0.5) is 10.1 Å². The van der Waals surface area contributed by atoms with Gasteiger partial charge in [-0.25, -0.2) is 9.18 Å². The molecule has 2 rings (SSSR count). The van der Waals surface area contributed by atoms with Crippen molar-refractivity contribution in [2.24, 2.45) is 5.16 Å². The van der Waals surface area contributed by atoms with E-state index in [4.69, 9.17) is 4.84 Å². The van der Waals surface area contributed by atoms with Crippen molar-refractivity contribution in [2.45, 2.75) is 0 Å². The van der Waals surface area contributed by atoms with Gasteiger partial charge in [-0.1, -0.05) is 17.3 Å². The monoisotopic (exact) mass is 286 g/mol. The Hall–Kier alpha value is -2.69. The number of hydrogen-bond acceptors (Lipinski definition) is 4. The smallest absolute Gasteiger partial charge is 0.365 e. The molecule has 0 heterocycles. The van der Waals surface area contributed by atoms with Crippen molar-refractivity contribution in [3.05, 3.63) is 65.5 Å². The molecule has 0 saturated carbocycles. The second kappa shape index (κ2) is 6.65. The van der Waals surface area contributed by atoms with Gasteiger partial charge in [0.15, 0.2) is 0 Å². The van der Waals surface area contributed by atoms with E-state index < -0.39 is 11.8 Å². The van der Waals surface area contributed by atoms with Crippen LogP contribution in [0.25, 0.3) is 0 Å². The number of nitrogens with zero attached hydrogens (tertiary/aromatic N) is 2. The van der Waals surface area contributed by atoms with Crippen LogP contribution in [0.15, 0.2) is 53.7 Å². The van der Waals surface area contributed by atoms with Crippen molar-refractivity contribution in [2.75, 3.05) is 19.0 Å². The lowest BCUT2D eigenvalue weighted by Gasteiger charge is -2.11. The molecule has 0 radical (unpaired) electrons. The minimum absolute atomic E-state index is 0.247. The molecule has 0 aliphatic heterocycles. The number of anilines is 1. The molecule has 0 aliphatic carbocycles. The van der Waals surface area contributed by atoms with Gasteiger partial charge in [-0.05, 0) is 42.0 Å². The third-order valence-electron chi connectivity index (χ3n) is 2.83. The Bertz CT molecular complexity index is 634. The second-order valence-corrected chi connectivity index (χ2v) is 4.61. The maximum atomic E-state index is 12.7. The van der Waals surface area contributed by atoms with E-state index >= 15 is 0 Å². The normalized spacial score (nSPS) is 10.6. The molecule has 0 N–H and O–H groups in total. The lowest BCUT2D eigenvalue weighted by Crippen LogP contribution is -2.08. The minimum Gasteiger partial charge on any atom is -0.378 e. The van der Waals surface area contributed by atoms with E-state index in [1.165, 1.54) is 30.5 Å². The van der Waals surface area contributed by atoms with E-state index in [0.717, 1.165) is 11.3 Å². The predicted molar refractivity (Wildman–Crippen MR) is 80.2 cm³/mol. The molecule has 5 heteroatoms. The molecule has 0 aromatic heterocycles. The molecule has 0 amide bonds. The molecule has 0 saturated heterocycles. The molecule has 2 aromatic carbocycles. The first-order valence-corrected chi connectivity index (χ1v) is 6.34. The van der Waals surface area contributed by atoms with Gasteiger partial charge in [-0.3, -0.25) is 0 Å². The number of benzene rings is 2. The highest BCUT2D eigenvalue weighted by Gasteiger charge is 2.06. The number of carbonyl (C=O) groups is 1. The molecule has 4 nitrogen and oxygen atoms in total. The first kappa shape index (κ1) is 14.7. The quantitative estimate of drug-likeness (QED) is 0.493. The van der Waals surface area contributed by atoms with Crippen molar-refractivity contribution in [3.63, 3.8) is 0 Å². The Labute approximate surface area is 122 Å². The Balaban J connectivity index is 1.95. The molecule has 0 unspecified atom stereocenters. The molecular formula is C16H15FN2O2. The van der Waals surface area contributed by atoms with Crippen molar-refractivity contribution >= 4 is 17.9 Å². The van der Waals surface area contributed by atoms with Crippen molar-refractivity contribution in [3.8, 4) is 0 Å². The molecule has 0 atom stereocenters. The van der Waals surface area contributed by atoms with Crippen molar-refractivity contribution in [1.82, 2.24) is 0 Å². The van der Waals surface area contributed by atoms with Crippen molar-refractivity contribution in [1.29, 1.82) is 0 Å². The summed E-state index contributed by atoms with van der Waals surface area (Å²) in [6, 6.07) is 12.7. The third-order valence-corrected chi connectivity index (χ3v) is 2.83. The number of oxime groups is 1. The molecule has 2 aromatic rings. The molecule has 0 spiro atoms. The highest BCUT2D eigenvalue weighted by molar-refractivity contribution is 5.90. The topological polar surface area (TPSA) is 41.9 Å². The third kappa shape index (κ3) is 4.14. The second-order valence-electron chi connectivity index (χ2n) is 4.61. The van der Waals surface area contributed by atoms with Gasteiger partial charge in [-0.15, -0.1) is 0 Å². The van der Waals surface area contributed by atoms with E-state index in [2.05, 4.69) is 5.16 Å².